The largest absolute Gasteiger partial charge is 0.361 e. The van der Waals surface area contributed by atoms with Crippen LogP contribution in [-0.4, -0.2) is 24.5 Å². The fourth-order valence-electron chi connectivity index (χ4n) is 2.52. The van der Waals surface area contributed by atoms with E-state index in [0.29, 0.717) is 0 Å². The highest BCUT2D eigenvalue weighted by Gasteiger charge is 2.05. The highest BCUT2D eigenvalue weighted by Crippen LogP contribution is 2.20. The Bertz CT molecular complexity index is 855. The first-order valence-corrected chi connectivity index (χ1v) is 9.26. The average molecular weight is 409 g/mol. The fourth-order valence-corrected chi connectivity index (χ4v) is 3.91. The number of hydrogen-bond acceptors (Lipinski definition) is 2. The molecule has 0 atom stereocenters. The molecule has 3 rings (SSSR count). The standard InChI is InChI=1S/C17H18BrFN4S/c1-20-17(23-9-14-6-12(18)10-24-14)21-5-4-11-8-22-16-7-13(19)2-3-15(11)16/h2-3,6-8,10,22H,4-5,9H2,1H3,(H2,20,21,23). The molecular weight excluding hydrogens is 391 g/mol. The van der Waals surface area contributed by atoms with E-state index >= 15 is 0 Å². The summed E-state index contributed by atoms with van der Waals surface area (Å²) in [5.74, 6) is 0.546. The predicted molar refractivity (Wildman–Crippen MR) is 102 cm³/mol. The number of hydrogen-bond donors (Lipinski definition) is 3. The van der Waals surface area contributed by atoms with Crippen LogP contribution in [0, 0.1) is 5.82 Å². The topological polar surface area (TPSA) is 52.2 Å². The van der Waals surface area contributed by atoms with Crippen molar-refractivity contribution in [2.75, 3.05) is 13.6 Å². The van der Waals surface area contributed by atoms with Crippen LogP contribution in [0.4, 0.5) is 4.39 Å². The minimum absolute atomic E-state index is 0.223. The van der Waals surface area contributed by atoms with E-state index in [9.17, 15) is 4.39 Å². The molecule has 0 spiro atoms. The lowest BCUT2D eigenvalue weighted by molar-refractivity contribution is 0.629. The second-order valence-electron chi connectivity index (χ2n) is 5.34. The Morgan fingerprint density at radius 1 is 1.33 bits per heavy atom. The van der Waals surface area contributed by atoms with Crippen LogP contribution in [-0.2, 0) is 13.0 Å². The third-order valence-corrected chi connectivity index (χ3v) is 5.39. The molecule has 2 aromatic heterocycles. The molecule has 0 aliphatic rings. The van der Waals surface area contributed by atoms with Crippen LogP contribution >= 0.6 is 27.3 Å². The normalized spacial score (nSPS) is 11.9. The third-order valence-electron chi connectivity index (χ3n) is 3.69. The van der Waals surface area contributed by atoms with Gasteiger partial charge in [0.25, 0.3) is 0 Å². The van der Waals surface area contributed by atoms with Gasteiger partial charge in [-0.2, -0.15) is 0 Å². The van der Waals surface area contributed by atoms with E-state index in [2.05, 4.69) is 48.0 Å². The van der Waals surface area contributed by atoms with E-state index in [4.69, 9.17) is 0 Å². The summed E-state index contributed by atoms with van der Waals surface area (Å²) in [6.07, 6.45) is 2.77. The molecule has 0 amide bonds. The van der Waals surface area contributed by atoms with Gasteiger partial charge in [-0.25, -0.2) is 4.39 Å². The summed E-state index contributed by atoms with van der Waals surface area (Å²) in [5.41, 5.74) is 1.99. The number of nitrogens with one attached hydrogen (secondary N) is 3. The Morgan fingerprint density at radius 3 is 2.96 bits per heavy atom. The number of nitrogens with zero attached hydrogens (tertiary/aromatic N) is 1. The predicted octanol–water partition coefficient (Wildman–Crippen LogP) is 4.04. The molecule has 0 aliphatic heterocycles. The number of benzene rings is 1. The summed E-state index contributed by atoms with van der Waals surface area (Å²) >= 11 is 5.15. The minimum Gasteiger partial charge on any atom is -0.361 e. The Kier molecular flexibility index (Phi) is 5.52. The van der Waals surface area contributed by atoms with E-state index in [0.717, 1.165) is 46.4 Å². The van der Waals surface area contributed by atoms with Gasteiger partial charge in [0.15, 0.2) is 5.96 Å². The molecular formula is C17H18BrFN4S. The number of thiophene rings is 1. The quantitative estimate of drug-likeness (QED) is 0.440. The number of rotatable bonds is 5. The molecule has 0 saturated carbocycles. The molecule has 0 fully saturated rings. The Balaban J connectivity index is 1.52. The number of guanidine groups is 1. The number of aromatic nitrogens is 1. The molecule has 0 radical (unpaired) electrons. The zero-order valence-corrected chi connectivity index (χ0v) is 15.6. The Morgan fingerprint density at radius 2 is 2.21 bits per heavy atom. The van der Waals surface area contributed by atoms with Crippen LogP contribution in [0.5, 0.6) is 0 Å². The van der Waals surface area contributed by atoms with Crippen molar-refractivity contribution >= 4 is 44.1 Å². The molecule has 3 N–H and O–H groups in total. The van der Waals surface area contributed by atoms with Crippen molar-refractivity contribution < 1.29 is 4.39 Å². The van der Waals surface area contributed by atoms with Crippen LogP contribution in [0.3, 0.4) is 0 Å². The third kappa shape index (κ3) is 4.15. The summed E-state index contributed by atoms with van der Waals surface area (Å²) in [7, 11) is 1.76. The highest BCUT2D eigenvalue weighted by molar-refractivity contribution is 9.10. The van der Waals surface area contributed by atoms with Crippen molar-refractivity contribution in [3.63, 3.8) is 0 Å². The van der Waals surface area contributed by atoms with Gasteiger partial charge >= 0.3 is 0 Å². The first kappa shape index (κ1) is 17.0. The van der Waals surface area contributed by atoms with Crippen molar-refractivity contribution in [2.45, 2.75) is 13.0 Å². The highest BCUT2D eigenvalue weighted by atomic mass is 79.9. The Labute approximate surface area is 152 Å². The van der Waals surface area contributed by atoms with Crippen LogP contribution in [0.15, 0.2) is 45.3 Å². The first-order valence-electron chi connectivity index (χ1n) is 7.58. The zero-order valence-electron chi connectivity index (χ0n) is 13.2. The van der Waals surface area contributed by atoms with E-state index in [-0.39, 0.29) is 5.82 Å². The molecule has 0 bridgehead atoms. The van der Waals surface area contributed by atoms with Crippen LogP contribution in [0.25, 0.3) is 10.9 Å². The second-order valence-corrected chi connectivity index (χ2v) is 7.25. The SMILES string of the molecule is CN=C(NCCc1c[nH]c2cc(F)ccc12)NCc1cc(Br)cs1. The van der Waals surface area contributed by atoms with Gasteiger partial charge in [-0.3, -0.25) is 4.99 Å². The number of H-pyrrole nitrogens is 1. The molecule has 3 aromatic rings. The van der Waals surface area contributed by atoms with Gasteiger partial charge in [-0.1, -0.05) is 0 Å². The summed E-state index contributed by atoms with van der Waals surface area (Å²) in [5, 5.41) is 9.72. The maximum atomic E-state index is 13.2. The molecule has 126 valence electrons. The summed E-state index contributed by atoms with van der Waals surface area (Å²) in [6, 6.07) is 6.92. The van der Waals surface area contributed by atoms with Gasteiger partial charge in [0.05, 0.1) is 6.54 Å². The molecule has 0 saturated heterocycles. The second kappa shape index (κ2) is 7.81. The van der Waals surface area contributed by atoms with Crippen LogP contribution in [0.2, 0.25) is 0 Å². The lowest BCUT2D eigenvalue weighted by atomic mass is 10.1. The van der Waals surface area contributed by atoms with Gasteiger partial charge in [0.2, 0.25) is 0 Å². The minimum atomic E-state index is -0.223. The Hall–Kier alpha value is -1.86. The molecule has 4 nitrogen and oxygen atoms in total. The van der Waals surface area contributed by atoms with Crippen molar-refractivity contribution in [2.24, 2.45) is 4.99 Å². The monoisotopic (exact) mass is 408 g/mol. The molecule has 0 aliphatic carbocycles. The lowest BCUT2D eigenvalue weighted by Crippen LogP contribution is -2.37. The summed E-state index contributed by atoms with van der Waals surface area (Å²) in [4.78, 5) is 8.59. The van der Waals surface area contributed by atoms with Crippen LogP contribution in [0.1, 0.15) is 10.4 Å². The zero-order chi connectivity index (χ0) is 16.9. The fraction of sp³-hybridized carbons (Fsp3) is 0.235. The lowest BCUT2D eigenvalue weighted by Gasteiger charge is -2.11. The van der Waals surface area contributed by atoms with Gasteiger partial charge in [-0.15, -0.1) is 11.3 Å². The maximum absolute atomic E-state index is 13.2. The summed E-state index contributed by atoms with van der Waals surface area (Å²) < 4.78 is 14.3. The first-order chi connectivity index (χ1) is 11.7. The maximum Gasteiger partial charge on any atom is 0.191 e. The number of halogens is 2. The molecule has 24 heavy (non-hydrogen) atoms. The molecule has 2 heterocycles. The molecule has 0 unspecified atom stereocenters. The van der Waals surface area contributed by atoms with Crippen LogP contribution < -0.4 is 10.6 Å². The van der Waals surface area contributed by atoms with Crippen molar-refractivity contribution in [3.8, 4) is 0 Å². The molecule has 1 aromatic carbocycles. The van der Waals surface area contributed by atoms with E-state index < -0.39 is 0 Å². The van der Waals surface area contributed by atoms with Gasteiger partial charge in [-0.05, 0) is 52.2 Å². The van der Waals surface area contributed by atoms with Gasteiger partial charge < -0.3 is 15.6 Å². The van der Waals surface area contributed by atoms with E-state index in [1.165, 1.54) is 17.0 Å². The van der Waals surface area contributed by atoms with Gasteiger partial charge in [0, 0.05) is 45.4 Å². The van der Waals surface area contributed by atoms with Crippen molar-refractivity contribution in [3.05, 3.63) is 56.6 Å². The van der Waals surface area contributed by atoms with Gasteiger partial charge in [0.1, 0.15) is 5.82 Å². The van der Waals surface area contributed by atoms with Crippen molar-refractivity contribution in [1.29, 1.82) is 0 Å². The van der Waals surface area contributed by atoms with E-state index in [1.54, 1.807) is 18.4 Å². The smallest absolute Gasteiger partial charge is 0.191 e. The number of aromatic amines is 1. The molecule has 7 heteroatoms. The number of fused-ring (bicyclic) bond motifs is 1. The number of aliphatic imine (C=N–C) groups is 1. The van der Waals surface area contributed by atoms with E-state index in [1.807, 2.05) is 12.3 Å². The average Bonchev–Trinajstić information content (AvgIpc) is 3.16. The van der Waals surface area contributed by atoms with Crippen molar-refractivity contribution in [1.82, 2.24) is 15.6 Å². The summed E-state index contributed by atoms with van der Waals surface area (Å²) in [6.45, 7) is 1.49.